The van der Waals surface area contributed by atoms with Gasteiger partial charge >= 0.3 is 0 Å². The summed E-state index contributed by atoms with van der Waals surface area (Å²) in [4.78, 5) is 42.9. The van der Waals surface area contributed by atoms with Crippen LogP contribution in [0.2, 0.25) is 0 Å². The first-order chi connectivity index (χ1) is 20.3. The number of nitrogens with one attached hydrogen (secondary N) is 1. The van der Waals surface area contributed by atoms with Crippen molar-refractivity contribution >= 4 is 45.6 Å². The van der Waals surface area contributed by atoms with Crippen LogP contribution in [0.1, 0.15) is 44.9 Å². The van der Waals surface area contributed by atoms with Crippen molar-refractivity contribution in [1.29, 1.82) is 0 Å². The van der Waals surface area contributed by atoms with Gasteiger partial charge in [-0.3, -0.25) is 14.4 Å². The van der Waals surface area contributed by atoms with Gasteiger partial charge in [0.15, 0.2) is 0 Å². The third-order valence-corrected chi connectivity index (χ3v) is 9.69. The number of imide groups is 1. The molecule has 3 aliphatic carbocycles. The molecular weight excluding hydrogens is 590 g/mol. The van der Waals surface area contributed by atoms with Gasteiger partial charge in [0.2, 0.25) is 17.7 Å². The first-order valence-electron chi connectivity index (χ1n) is 14.0. The van der Waals surface area contributed by atoms with Gasteiger partial charge in [0.05, 0.1) is 29.4 Å². The molecule has 3 amide bonds. The Morgan fingerprint density at radius 3 is 2.17 bits per heavy atom. The van der Waals surface area contributed by atoms with E-state index in [1.807, 2.05) is 92.7 Å². The first kappa shape index (κ1) is 26.5. The lowest BCUT2D eigenvalue weighted by Crippen LogP contribution is -2.54. The highest BCUT2D eigenvalue weighted by atomic mass is 79.9. The minimum absolute atomic E-state index is 0.182. The molecule has 1 N–H and O–H groups in total. The number of halogens is 1. The molecule has 208 valence electrons. The molecule has 0 radical (unpaired) electrons. The molecule has 0 spiro atoms. The molecule has 8 rings (SSSR count). The summed E-state index contributed by atoms with van der Waals surface area (Å²) in [5.74, 6) is -2.27. The van der Waals surface area contributed by atoms with Crippen LogP contribution in [0.3, 0.4) is 0 Å². The smallest absolute Gasteiger partial charge is 0.244 e. The van der Waals surface area contributed by atoms with E-state index in [-0.39, 0.29) is 30.1 Å². The molecule has 1 saturated heterocycles. The highest BCUT2D eigenvalue weighted by molar-refractivity contribution is 9.10. The number of anilines is 1. The molecule has 1 heterocycles. The van der Waals surface area contributed by atoms with Gasteiger partial charge in [-0.15, -0.1) is 0 Å². The Morgan fingerprint density at radius 1 is 0.881 bits per heavy atom. The van der Waals surface area contributed by atoms with Gasteiger partial charge in [-0.1, -0.05) is 82.7 Å². The second kappa shape index (κ2) is 9.88. The van der Waals surface area contributed by atoms with E-state index in [0.717, 1.165) is 37.9 Å². The predicted octanol–water partition coefficient (Wildman–Crippen LogP) is 5.96. The summed E-state index contributed by atoms with van der Waals surface area (Å²) in [6.45, 7) is 4.06. The molecule has 0 saturated carbocycles. The molecular formula is C35H28BrN3O3. The van der Waals surface area contributed by atoms with Crippen LogP contribution in [0.15, 0.2) is 101 Å². The van der Waals surface area contributed by atoms with Gasteiger partial charge < -0.3 is 0 Å². The van der Waals surface area contributed by atoms with E-state index in [2.05, 4.69) is 26.5 Å². The minimum Gasteiger partial charge on any atom is -0.274 e. The normalized spacial score (nSPS) is 23.6. The van der Waals surface area contributed by atoms with E-state index in [1.54, 1.807) is 18.3 Å². The average Bonchev–Trinajstić information content (AvgIpc) is 3.26. The van der Waals surface area contributed by atoms with Crippen molar-refractivity contribution in [3.63, 3.8) is 0 Å². The predicted molar refractivity (Wildman–Crippen MR) is 165 cm³/mol. The molecule has 4 aromatic carbocycles. The van der Waals surface area contributed by atoms with Crippen LogP contribution in [0.25, 0.3) is 0 Å². The van der Waals surface area contributed by atoms with Crippen LogP contribution in [0.5, 0.6) is 0 Å². The van der Waals surface area contributed by atoms with Crippen molar-refractivity contribution < 1.29 is 14.4 Å². The van der Waals surface area contributed by atoms with Crippen LogP contribution < -0.4 is 10.3 Å². The molecule has 1 aliphatic heterocycles. The average molecular weight is 619 g/mol. The fraction of sp³-hybridized carbons (Fsp3) is 0.200. The van der Waals surface area contributed by atoms with Crippen molar-refractivity contribution in [2.75, 3.05) is 4.90 Å². The Morgan fingerprint density at radius 2 is 1.52 bits per heavy atom. The largest absolute Gasteiger partial charge is 0.274 e. The highest BCUT2D eigenvalue weighted by Gasteiger charge is 2.68. The molecule has 1 fully saturated rings. The quantitative estimate of drug-likeness (QED) is 0.170. The molecule has 4 aromatic rings. The number of hydrogen-bond acceptors (Lipinski definition) is 4. The second-order valence-electron chi connectivity index (χ2n) is 11.4. The van der Waals surface area contributed by atoms with Gasteiger partial charge in [0.25, 0.3) is 0 Å². The summed E-state index contributed by atoms with van der Waals surface area (Å²) in [6, 6.07) is 29.2. The van der Waals surface area contributed by atoms with Gasteiger partial charge in [-0.25, -0.2) is 10.3 Å². The molecule has 4 aliphatic rings. The lowest BCUT2D eigenvalue weighted by molar-refractivity contribution is -0.123. The third kappa shape index (κ3) is 3.83. The Labute approximate surface area is 252 Å². The zero-order valence-corrected chi connectivity index (χ0v) is 24.8. The number of carbonyl (C=O) groups is 3. The molecule has 6 nitrogen and oxygen atoms in total. The molecule has 7 heteroatoms. The Bertz CT molecular complexity index is 1770. The fourth-order valence-corrected chi connectivity index (χ4v) is 7.50. The molecule has 2 bridgehead atoms. The number of carbonyl (C=O) groups excluding carboxylic acids is 3. The van der Waals surface area contributed by atoms with E-state index in [1.165, 1.54) is 10.5 Å². The number of aryl methyl sites for hydroxylation is 2. The topological polar surface area (TPSA) is 78.8 Å². The van der Waals surface area contributed by atoms with E-state index < -0.39 is 17.3 Å². The van der Waals surface area contributed by atoms with Crippen LogP contribution in [-0.2, 0) is 26.2 Å². The zero-order valence-electron chi connectivity index (χ0n) is 23.2. The number of amides is 3. The number of hydrogen-bond donors (Lipinski definition) is 1. The van der Waals surface area contributed by atoms with Gasteiger partial charge in [0.1, 0.15) is 0 Å². The van der Waals surface area contributed by atoms with Crippen LogP contribution >= 0.6 is 15.9 Å². The number of benzene rings is 4. The first-order valence-corrected chi connectivity index (χ1v) is 14.8. The van der Waals surface area contributed by atoms with Crippen molar-refractivity contribution in [2.24, 2.45) is 16.9 Å². The van der Waals surface area contributed by atoms with Crippen molar-refractivity contribution in [3.8, 4) is 0 Å². The van der Waals surface area contributed by atoms with Crippen LogP contribution in [0, 0.1) is 25.7 Å². The summed E-state index contributed by atoms with van der Waals surface area (Å²) in [5.41, 5.74) is 9.36. The summed E-state index contributed by atoms with van der Waals surface area (Å²) < 4.78 is 0.864. The van der Waals surface area contributed by atoms with Gasteiger partial charge in [0, 0.05) is 16.6 Å². The fourth-order valence-electron chi connectivity index (χ4n) is 7.24. The van der Waals surface area contributed by atoms with E-state index in [0.29, 0.717) is 5.69 Å². The Hall–Kier alpha value is -4.36. The summed E-state index contributed by atoms with van der Waals surface area (Å²) >= 11 is 3.45. The molecule has 42 heavy (non-hydrogen) atoms. The van der Waals surface area contributed by atoms with E-state index in [9.17, 15) is 14.4 Å². The lowest BCUT2D eigenvalue weighted by atomic mass is 9.47. The van der Waals surface area contributed by atoms with Crippen LogP contribution in [0.4, 0.5) is 5.69 Å². The SMILES string of the molecule is Cc1ccc(CC(=O)N/N=C\C23c4ccccc4C(c4ccccc42)[C@H]2C(=O)N(c4ccc(Br)cc4)C(=O)[C@H]23)cc1C. The highest BCUT2D eigenvalue weighted by Crippen LogP contribution is 2.63. The molecule has 0 aromatic heterocycles. The summed E-state index contributed by atoms with van der Waals surface area (Å²) in [6.07, 6.45) is 1.88. The van der Waals surface area contributed by atoms with E-state index in [4.69, 9.17) is 0 Å². The van der Waals surface area contributed by atoms with E-state index >= 15 is 0 Å². The number of rotatable bonds is 5. The Balaban J connectivity index is 1.33. The van der Waals surface area contributed by atoms with Gasteiger partial charge in [-0.05, 0) is 77.1 Å². The third-order valence-electron chi connectivity index (χ3n) is 9.16. The maximum atomic E-state index is 14.4. The monoisotopic (exact) mass is 617 g/mol. The second-order valence-corrected chi connectivity index (χ2v) is 12.3. The number of nitrogens with zero attached hydrogens (tertiary/aromatic N) is 2. The maximum absolute atomic E-state index is 14.4. The lowest BCUT2D eigenvalue weighted by Gasteiger charge is -2.52. The van der Waals surface area contributed by atoms with Crippen molar-refractivity contribution in [3.05, 3.63) is 134 Å². The minimum atomic E-state index is -1.03. The zero-order chi connectivity index (χ0) is 29.2. The standard InChI is InChI=1S/C35H28BrN3O3/c1-20-11-12-22(17-21(20)2)18-29(40)38-37-19-35-27-9-5-3-7-25(27)30(26-8-4-6-10-28(26)35)31-32(35)34(42)39(33(31)41)24-15-13-23(36)14-16-24/h3-17,19,30-32H,18H2,1-2H3,(H,38,40)/b37-19-/t30?,31-,32+,35?/m1/s1. The molecule has 2 atom stereocenters. The number of hydrazone groups is 1. The maximum Gasteiger partial charge on any atom is 0.244 e. The molecule has 0 unspecified atom stereocenters. The van der Waals surface area contributed by atoms with Gasteiger partial charge in [-0.2, -0.15) is 5.10 Å². The summed E-state index contributed by atoms with van der Waals surface area (Å²) in [5, 5.41) is 4.51. The van der Waals surface area contributed by atoms with Crippen LogP contribution in [-0.4, -0.2) is 23.9 Å². The summed E-state index contributed by atoms with van der Waals surface area (Å²) in [7, 11) is 0. The van der Waals surface area contributed by atoms with Crippen molar-refractivity contribution in [1.82, 2.24) is 5.43 Å². The Kier molecular flexibility index (Phi) is 6.24. The van der Waals surface area contributed by atoms with Crippen molar-refractivity contribution in [2.45, 2.75) is 31.6 Å².